The molecule has 4 N–H and O–H groups in total. The Morgan fingerprint density at radius 3 is 2.71 bits per heavy atom. The predicted molar refractivity (Wildman–Crippen MR) is 80.9 cm³/mol. The molecule has 0 aliphatic rings. The van der Waals surface area contributed by atoms with Crippen LogP contribution in [0.5, 0.6) is 6.01 Å². The van der Waals surface area contributed by atoms with Gasteiger partial charge in [-0.05, 0) is 41.1 Å². The molecule has 9 heteroatoms. The van der Waals surface area contributed by atoms with Crippen LogP contribution in [0, 0.1) is 11.3 Å². The van der Waals surface area contributed by atoms with Crippen molar-refractivity contribution in [2.75, 3.05) is 17.3 Å². The quantitative estimate of drug-likeness (QED) is 0.552. The number of hydrogen-bond acceptors (Lipinski definition) is 8. The summed E-state index contributed by atoms with van der Waals surface area (Å²) in [5, 5.41) is 11.8. The summed E-state index contributed by atoms with van der Waals surface area (Å²) in [4.78, 5) is 12.1. The van der Waals surface area contributed by atoms with Crippen LogP contribution < -0.4 is 21.3 Å². The summed E-state index contributed by atoms with van der Waals surface area (Å²) < 4.78 is 5.95. The number of nitrogens with one attached hydrogen (secondary N) is 2. The smallest absolute Gasteiger partial charge is 0.323 e. The average molecular weight is 350 g/mol. The van der Waals surface area contributed by atoms with E-state index >= 15 is 0 Å². The van der Waals surface area contributed by atoms with Gasteiger partial charge in [0.1, 0.15) is 0 Å². The summed E-state index contributed by atoms with van der Waals surface area (Å²) in [5.74, 6) is 5.76. The summed E-state index contributed by atoms with van der Waals surface area (Å²) in [6, 6.07) is 7.33. The van der Waals surface area contributed by atoms with E-state index in [4.69, 9.17) is 15.8 Å². The molecule has 0 radical (unpaired) electrons. The lowest BCUT2D eigenvalue weighted by molar-refractivity contribution is 0.312. The molecule has 0 saturated heterocycles. The molecule has 21 heavy (non-hydrogen) atoms. The molecule has 1 aromatic heterocycles. The number of benzene rings is 1. The van der Waals surface area contributed by atoms with Gasteiger partial charge in [-0.1, -0.05) is 0 Å². The van der Waals surface area contributed by atoms with Crippen LogP contribution in [0.3, 0.4) is 0 Å². The van der Waals surface area contributed by atoms with Gasteiger partial charge in [-0.15, -0.1) is 0 Å². The third kappa shape index (κ3) is 3.77. The minimum atomic E-state index is 0.160. The largest absolute Gasteiger partial charge is 0.464 e. The Balaban J connectivity index is 2.30. The number of halogens is 1. The first-order valence-corrected chi connectivity index (χ1v) is 6.77. The van der Waals surface area contributed by atoms with E-state index in [0.717, 1.165) is 0 Å². The molecule has 1 heterocycles. The van der Waals surface area contributed by atoms with Crippen molar-refractivity contribution >= 4 is 33.5 Å². The fourth-order valence-electron chi connectivity index (χ4n) is 1.48. The van der Waals surface area contributed by atoms with Gasteiger partial charge in [0, 0.05) is 4.47 Å². The number of aromatic nitrogens is 3. The summed E-state index contributed by atoms with van der Waals surface area (Å²) >= 11 is 3.37. The van der Waals surface area contributed by atoms with Crippen LogP contribution in [0.15, 0.2) is 22.7 Å². The minimum absolute atomic E-state index is 0.160. The molecule has 0 bridgehead atoms. The molecule has 2 rings (SSSR count). The monoisotopic (exact) mass is 349 g/mol. The highest BCUT2D eigenvalue weighted by atomic mass is 79.9. The molecule has 0 fully saturated rings. The normalized spacial score (nSPS) is 9.81. The third-order valence-corrected chi connectivity index (χ3v) is 3.02. The fraction of sp³-hybridized carbons (Fsp3) is 0.167. The van der Waals surface area contributed by atoms with Gasteiger partial charge in [-0.25, -0.2) is 5.84 Å². The van der Waals surface area contributed by atoms with Gasteiger partial charge in [-0.3, -0.25) is 5.43 Å². The van der Waals surface area contributed by atoms with Crippen molar-refractivity contribution in [2.45, 2.75) is 6.92 Å². The van der Waals surface area contributed by atoms with E-state index in [-0.39, 0.29) is 17.9 Å². The molecule has 0 amide bonds. The number of hydrogen-bond donors (Lipinski definition) is 3. The van der Waals surface area contributed by atoms with Gasteiger partial charge in [-0.2, -0.15) is 20.2 Å². The Morgan fingerprint density at radius 1 is 1.33 bits per heavy atom. The maximum absolute atomic E-state index is 8.84. The van der Waals surface area contributed by atoms with E-state index < -0.39 is 0 Å². The maximum Gasteiger partial charge on any atom is 0.323 e. The fourth-order valence-corrected chi connectivity index (χ4v) is 1.95. The SMILES string of the molecule is CCOc1nc(NN)nc(Nc2ccc(C#N)cc2Br)n1. The van der Waals surface area contributed by atoms with Crippen LogP contribution in [0.2, 0.25) is 0 Å². The van der Waals surface area contributed by atoms with Crippen LogP contribution in [0.25, 0.3) is 0 Å². The maximum atomic E-state index is 8.84. The highest BCUT2D eigenvalue weighted by molar-refractivity contribution is 9.10. The zero-order valence-corrected chi connectivity index (χ0v) is 12.7. The van der Waals surface area contributed by atoms with Crippen molar-refractivity contribution in [2.24, 2.45) is 5.84 Å². The van der Waals surface area contributed by atoms with E-state index in [9.17, 15) is 0 Å². The molecule has 1 aromatic carbocycles. The van der Waals surface area contributed by atoms with Crippen molar-refractivity contribution in [3.05, 3.63) is 28.2 Å². The molecule has 0 spiro atoms. The molecular formula is C12H12BrN7O. The average Bonchev–Trinajstić information content (AvgIpc) is 2.49. The van der Waals surface area contributed by atoms with Crippen LogP contribution in [0.4, 0.5) is 17.6 Å². The first-order chi connectivity index (χ1) is 10.2. The van der Waals surface area contributed by atoms with Gasteiger partial charge in [0.2, 0.25) is 11.9 Å². The second-order valence-electron chi connectivity index (χ2n) is 3.77. The molecule has 8 nitrogen and oxygen atoms in total. The van der Waals surface area contributed by atoms with Crippen LogP contribution in [0.1, 0.15) is 12.5 Å². The van der Waals surface area contributed by atoms with Gasteiger partial charge < -0.3 is 10.1 Å². The topological polar surface area (TPSA) is 122 Å². The van der Waals surface area contributed by atoms with Gasteiger partial charge >= 0.3 is 6.01 Å². The van der Waals surface area contributed by atoms with Crippen molar-refractivity contribution in [1.29, 1.82) is 5.26 Å². The Morgan fingerprint density at radius 2 is 2.10 bits per heavy atom. The zero-order valence-electron chi connectivity index (χ0n) is 11.1. The number of nitrogen functional groups attached to an aromatic ring is 1. The zero-order chi connectivity index (χ0) is 15.2. The number of nitriles is 1. The summed E-state index contributed by atoms with van der Waals surface area (Å²) in [6.45, 7) is 2.25. The molecule has 0 unspecified atom stereocenters. The number of anilines is 3. The van der Waals surface area contributed by atoms with Crippen molar-refractivity contribution in [3.63, 3.8) is 0 Å². The number of nitrogens with two attached hydrogens (primary N) is 1. The molecule has 2 aromatic rings. The highest BCUT2D eigenvalue weighted by Gasteiger charge is 2.09. The molecule has 108 valence electrons. The van der Waals surface area contributed by atoms with Gasteiger partial charge in [0.05, 0.1) is 23.9 Å². The Kier molecular flexibility index (Phi) is 4.86. The Labute approximate surface area is 129 Å². The molecular weight excluding hydrogens is 338 g/mol. The van der Waals surface area contributed by atoms with Crippen LogP contribution in [-0.4, -0.2) is 21.6 Å². The summed E-state index contributed by atoms with van der Waals surface area (Å²) in [5.41, 5.74) is 3.59. The number of rotatable bonds is 5. The van der Waals surface area contributed by atoms with Crippen LogP contribution in [-0.2, 0) is 0 Å². The molecule has 0 aliphatic heterocycles. The minimum Gasteiger partial charge on any atom is -0.464 e. The van der Waals surface area contributed by atoms with E-state index in [1.807, 2.05) is 6.92 Å². The number of nitrogens with zero attached hydrogens (tertiary/aromatic N) is 4. The number of ether oxygens (including phenoxy) is 1. The highest BCUT2D eigenvalue weighted by Crippen LogP contribution is 2.26. The Hall–Kier alpha value is -2.44. The van der Waals surface area contributed by atoms with Crippen LogP contribution >= 0.6 is 15.9 Å². The predicted octanol–water partition coefficient (Wildman–Crippen LogP) is 1.93. The van der Waals surface area contributed by atoms with E-state index in [2.05, 4.69) is 47.7 Å². The summed E-state index contributed by atoms with van der Waals surface area (Å²) in [7, 11) is 0. The molecule has 0 atom stereocenters. The first-order valence-electron chi connectivity index (χ1n) is 5.98. The van der Waals surface area contributed by atoms with Gasteiger partial charge in [0.25, 0.3) is 0 Å². The van der Waals surface area contributed by atoms with Crippen molar-refractivity contribution < 1.29 is 4.74 Å². The molecule has 0 aliphatic carbocycles. The summed E-state index contributed by atoms with van der Waals surface area (Å²) in [6.07, 6.45) is 0. The number of hydrazine groups is 1. The van der Waals surface area contributed by atoms with Gasteiger partial charge in [0.15, 0.2) is 0 Å². The van der Waals surface area contributed by atoms with E-state index in [1.165, 1.54) is 0 Å². The lowest BCUT2D eigenvalue weighted by Gasteiger charge is -2.09. The second-order valence-corrected chi connectivity index (χ2v) is 4.63. The standard InChI is InChI=1S/C12H12BrN7O/c1-2-21-12-18-10(17-11(19-12)20-15)16-9-4-3-7(6-14)5-8(9)13/h3-5H,2,15H2,1H3,(H2,16,17,18,19,20). The van der Waals surface area contributed by atoms with E-state index in [0.29, 0.717) is 22.3 Å². The first kappa shape index (κ1) is 15.0. The van der Waals surface area contributed by atoms with Crippen molar-refractivity contribution in [1.82, 2.24) is 15.0 Å². The molecule has 0 saturated carbocycles. The lowest BCUT2D eigenvalue weighted by Crippen LogP contribution is -2.13. The second kappa shape index (κ2) is 6.83. The third-order valence-electron chi connectivity index (χ3n) is 2.36. The van der Waals surface area contributed by atoms with E-state index in [1.54, 1.807) is 18.2 Å². The van der Waals surface area contributed by atoms with Crippen molar-refractivity contribution in [3.8, 4) is 12.1 Å². The lowest BCUT2D eigenvalue weighted by atomic mass is 10.2. The Bertz CT molecular complexity index is 686.